The van der Waals surface area contributed by atoms with Gasteiger partial charge in [0.2, 0.25) is 5.91 Å². The minimum absolute atomic E-state index is 0.0275. The van der Waals surface area contributed by atoms with Crippen LogP contribution in [0.15, 0.2) is 18.5 Å². The van der Waals surface area contributed by atoms with Gasteiger partial charge >= 0.3 is 0 Å². The lowest BCUT2D eigenvalue weighted by Gasteiger charge is -2.12. The number of hydrogen-bond donors (Lipinski definition) is 2. The summed E-state index contributed by atoms with van der Waals surface area (Å²) in [5.74, 6) is 0.231. The van der Waals surface area contributed by atoms with Crippen molar-refractivity contribution in [3.05, 3.63) is 24.0 Å². The lowest BCUT2D eigenvalue weighted by molar-refractivity contribution is -0.120. The number of nitrogens with zero attached hydrogens (tertiary/aromatic N) is 1. The molecule has 0 bridgehead atoms. The van der Waals surface area contributed by atoms with Crippen LogP contribution in [-0.4, -0.2) is 22.6 Å². The van der Waals surface area contributed by atoms with Crippen molar-refractivity contribution < 1.29 is 9.90 Å². The quantitative estimate of drug-likeness (QED) is 0.792. The predicted molar refractivity (Wildman–Crippen MR) is 62.9 cm³/mol. The van der Waals surface area contributed by atoms with Gasteiger partial charge in [-0.25, -0.2) is 0 Å². The summed E-state index contributed by atoms with van der Waals surface area (Å²) in [6, 6.07) is 1.90. The lowest BCUT2D eigenvalue weighted by atomic mass is 10.0. The van der Waals surface area contributed by atoms with Crippen LogP contribution in [0, 0.1) is 5.92 Å². The minimum atomic E-state index is -0.429. The Morgan fingerprint density at radius 3 is 2.81 bits per heavy atom. The Hall–Kier alpha value is -1.29. The first-order valence-electron chi connectivity index (χ1n) is 5.59. The molecular weight excluding hydrogens is 204 g/mol. The van der Waals surface area contributed by atoms with Gasteiger partial charge in [0, 0.05) is 32.4 Å². The smallest absolute Gasteiger partial charge is 0.221 e. The molecule has 1 unspecified atom stereocenters. The molecular formula is C12H20N2O2. The van der Waals surface area contributed by atoms with Gasteiger partial charge in [-0.05, 0) is 17.5 Å². The fraction of sp³-hybridized carbons (Fsp3) is 0.583. The Morgan fingerprint density at radius 1 is 1.56 bits per heavy atom. The molecule has 0 aliphatic carbocycles. The molecule has 4 heteroatoms. The van der Waals surface area contributed by atoms with Crippen LogP contribution in [0.25, 0.3) is 0 Å². The molecule has 1 heterocycles. The molecule has 0 radical (unpaired) electrons. The Morgan fingerprint density at radius 2 is 2.25 bits per heavy atom. The zero-order chi connectivity index (χ0) is 12.1. The molecule has 0 spiro atoms. The second kappa shape index (κ2) is 5.70. The van der Waals surface area contributed by atoms with Crippen LogP contribution in [0.2, 0.25) is 0 Å². The highest BCUT2D eigenvalue weighted by Gasteiger charge is 2.12. The van der Waals surface area contributed by atoms with Crippen molar-refractivity contribution >= 4 is 5.91 Å². The molecule has 0 aliphatic rings. The Labute approximate surface area is 96.3 Å². The molecule has 1 rings (SSSR count). The van der Waals surface area contributed by atoms with Crippen molar-refractivity contribution in [2.45, 2.75) is 32.9 Å². The number of rotatable bonds is 5. The first kappa shape index (κ1) is 12.8. The van der Waals surface area contributed by atoms with Crippen LogP contribution in [0.5, 0.6) is 0 Å². The number of carbonyl (C=O) groups excluding carboxylic acids is 1. The van der Waals surface area contributed by atoms with Gasteiger partial charge in [0.25, 0.3) is 0 Å². The van der Waals surface area contributed by atoms with Gasteiger partial charge in [-0.1, -0.05) is 13.8 Å². The highest BCUT2D eigenvalue weighted by molar-refractivity contribution is 5.75. The molecule has 0 aliphatic heterocycles. The number of carbonyl (C=O) groups is 1. The molecule has 1 amide bonds. The number of aryl methyl sites for hydroxylation is 1. The SMILES string of the molecule is CNC(=O)CCn1ccc(C(O)C(C)C)c1. The number of hydrogen-bond acceptors (Lipinski definition) is 2. The van der Waals surface area contributed by atoms with E-state index in [9.17, 15) is 9.90 Å². The number of aromatic nitrogens is 1. The van der Waals surface area contributed by atoms with Gasteiger partial charge in [-0.3, -0.25) is 4.79 Å². The van der Waals surface area contributed by atoms with Gasteiger partial charge in [0.15, 0.2) is 0 Å². The molecule has 90 valence electrons. The molecule has 1 atom stereocenters. The maximum Gasteiger partial charge on any atom is 0.221 e. The summed E-state index contributed by atoms with van der Waals surface area (Å²) >= 11 is 0. The van der Waals surface area contributed by atoms with Crippen LogP contribution < -0.4 is 5.32 Å². The van der Waals surface area contributed by atoms with E-state index in [4.69, 9.17) is 0 Å². The number of aliphatic hydroxyl groups excluding tert-OH is 1. The summed E-state index contributed by atoms with van der Waals surface area (Å²) in [7, 11) is 1.63. The highest BCUT2D eigenvalue weighted by Crippen LogP contribution is 2.21. The van der Waals surface area contributed by atoms with Crippen LogP contribution in [0.3, 0.4) is 0 Å². The van der Waals surface area contributed by atoms with E-state index in [1.54, 1.807) is 7.05 Å². The van der Waals surface area contributed by atoms with Crippen LogP contribution in [0.4, 0.5) is 0 Å². The summed E-state index contributed by atoms with van der Waals surface area (Å²) in [5, 5.41) is 12.4. The summed E-state index contributed by atoms with van der Waals surface area (Å²) < 4.78 is 1.93. The van der Waals surface area contributed by atoms with Crippen molar-refractivity contribution in [1.29, 1.82) is 0 Å². The van der Waals surface area contributed by atoms with Crippen molar-refractivity contribution in [2.75, 3.05) is 7.05 Å². The van der Waals surface area contributed by atoms with E-state index in [-0.39, 0.29) is 11.8 Å². The lowest BCUT2D eigenvalue weighted by Crippen LogP contribution is -2.19. The van der Waals surface area contributed by atoms with E-state index in [1.807, 2.05) is 36.9 Å². The van der Waals surface area contributed by atoms with Gasteiger partial charge in [0.1, 0.15) is 0 Å². The fourth-order valence-electron chi connectivity index (χ4n) is 1.51. The maximum absolute atomic E-state index is 11.1. The summed E-state index contributed by atoms with van der Waals surface area (Å²) in [4.78, 5) is 11.1. The Kier molecular flexibility index (Phi) is 4.55. The number of aliphatic hydroxyl groups is 1. The zero-order valence-corrected chi connectivity index (χ0v) is 10.1. The first-order chi connectivity index (χ1) is 7.54. The van der Waals surface area contributed by atoms with Crippen molar-refractivity contribution in [1.82, 2.24) is 9.88 Å². The first-order valence-corrected chi connectivity index (χ1v) is 5.59. The van der Waals surface area contributed by atoms with Crippen LogP contribution in [0.1, 0.15) is 31.9 Å². The van der Waals surface area contributed by atoms with E-state index in [0.717, 1.165) is 5.56 Å². The van der Waals surface area contributed by atoms with E-state index >= 15 is 0 Å². The molecule has 16 heavy (non-hydrogen) atoms. The van der Waals surface area contributed by atoms with E-state index in [2.05, 4.69) is 5.32 Å². The number of nitrogens with one attached hydrogen (secondary N) is 1. The summed E-state index contributed by atoms with van der Waals surface area (Å²) in [5.41, 5.74) is 0.909. The van der Waals surface area contributed by atoms with Crippen molar-refractivity contribution in [3.63, 3.8) is 0 Å². The summed E-state index contributed by atoms with van der Waals surface area (Å²) in [6.07, 6.45) is 3.82. The Bertz CT molecular complexity index is 345. The van der Waals surface area contributed by atoms with E-state index < -0.39 is 6.10 Å². The molecule has 0 saturated heterocycles. The van der Waals surface area contributed by atoms with Gasteiger partial charge in [-0.2, -0.15) is 0 Å². The molecule has 1 aromatic rings. The third-order valence-corrected chi connectivity index (χ3v) is 2.62. The van der Waals surface area contributed by atoms with Gasteiger partial charge in [-0.15, -0.1) is 0 Å². The molecule has 0 fully saturated rings. The Balaban J connectivity index is 2.55. The maximum atomic E-state index is 11.1. The molecule has 2 N–H and O–H groups in total. The zero-order valence-electron chi connectivity index (χ0n) is 10.1. The summed E-state index contributed by atoms with van der Waals surface area (Å²) in [6.45, 7) is 4.60. The van der Waals surface area contributed by atoms with Crippen LogP contribution in [-0.2, 0) is 11.3 Å². The molecule has 4 nitrogen and oxygen atoms in total. The monoisotopic (exact) mass is 224 g/mol. The molecule has 0 aromatic carbocycles. The third-order valence-electron chi connectivity index (χ3n) is 2.62. The number of amides is 1. The topological polar surface area (TPSA) is 54.3 Å². The fourth-order valence-corrected chi connectivity index (χ4v) is 1.51. The molecule has 1 aromatic heterocycles. The standard InChI is InChI=1S/C12H20N2O2/c1-9(2)12(16)10-4-6-14(8-10)7-5-11(15)13-3/h4,6,8-9,12,16H,5,7H2,1-3H3,(H,13,15). The van der Waals surface area contributed by atoms with Gasteiger partial charge < -0.3 is 15.0 Å². The highest BCUT2D eigenvalue weighted by atomic mass is 16.3. The van der Waals surface area contributed by atoms with E-state index in [0.29, 0.717) is 13.0 Å². The molecule has 0 saturated carbocycles. The third kappa shape index (κ3) is 3.38. The van der Waals surface area contributed by atoms with Crippen molar-refractivity contribution in [2.24, 2.45) is 5.92 Å². The second-order valence-electron chi connectivity index (χ2n) is 4.29. The van der Waals surface area contributed by atoms with Gasteiger partial charge in [0.05, 0.1) is 6.10 Å². The average molecular weight is 224 g/mol. The normalized spacial score (nSPS) is 12.8. The minimum Gasteiger partial charge on any atom is -0.388 e. The second-order valence-corrected chi connectivity index (χ2v) is 4.29. The average Bonchev–Trinajstić information content (AvgIpc) is 2.73. The van der Waals surface area contributed by atoms with Crippen LogP contribution >= 0.6 is 0 Å². The van der Waals surface area contributed by atoms with E-state index in [1.165, 1.54) is 0 Å². The largest absolute Gasteiger partial charge is 0.388 e. The van der Waals surface area contributed by atoms with Crippen molar-refractivity contribution in [3.8, 4) is 0 Å². The predicted octanol–water partition coefficient (Wildman–Crippen LogP) is 1.31.